The van der Waals surface area contributed by atoms with Gasteiger partial charge in [0.2, 0.25) is 29.2 Å². The van der Waals surface area contributed by atoms with Crippen LogP contribution in [-0.2, 0) is 102 Å². The van der Waals surface area contributed by atoms with Gasteiger partial charge in [-0.2, -0.15) is 0 Å². The smallest absolute Gasteiger partial charge is 0.355 e. The number of carboxylic acids is 1. The number of nitrogens with zero attached hydrogens (tertiary/aromatic N) is 5. The molecule has 6 amide bonds. The normalized spacial score (nSPS) is 19.3. The number of carbonyl (C=O) groups excluding carboxylic acids is 9. The summed E-state index contributed by atoms with van der Waals surface area (Å²) in [6, 6.07) is -1.20. The summed E-state index contributed by atoms with van der Waals surface area (Å²) in [7, 11) is 3.93. The van der Waals surface area contributed by atoms with Gasteiger partial charge in [-0.05, 0) is 88.2 Å². The van der Waals surface area contributed by atoms with Gasteiger partial charge in [0, 0.05) is 73.8 Å². The highest BCUT2D eigenvalue weighted by molar-refractivity contribution is 6.02. The minimum atomic E-state index is -2.15. The Kier molecular flexibility index (Phi) is 20.5. The van der Waals surface area contributed by atoms with Crippen molar-refractivity contribution in [1.29, 1.82) is 0 Å². The number of carboxylic acid groups (broad SMARTS) is 1. The minimum Gasteiger partial charge on any atom is -0.481 e. The molecule has 85 heavy (non-hydrogen) atoms. The molecule has 27 heteroatoms. The molecular weight excluding hydrogens is 1120 g/mol. The zero-order valence-corrected chi connectivity index (χ0v) is 48.6. The monoisotopic (exact) mass is 1190 g/mol. The fourth-order valence-corrected chi connectivity index (χ4v) is 11.6. The maximum Gasteiger partial charge on any atom is 0.355 e. The Balaban J connectivity index is 0.813. The Labute approximate surface area is 488 Å². The lowest BCUT2D eigenvalue weighted by Gasteiger charge is -2.37. The van der Waals surface area contributed by atoms with Gasteiger partial charge in [-0.3, -0.25) is 38.4 Å². The van der Waals surface area contributed by atoms with Gasteiger partial charge in [0.05, 0.1) is 75.1 Å². The number of pyridine rings is 2. The van der Waals surface area contributed by atoms with Crippen LogP contribution in [0.25, 0.3) is 22.3 Å². The number of aliphatic carboxylic acids is 1. The van der Waals surface area contributed by atoms with Gasteiger partial charge in [0.1, 0.15) is 30.5 Å². The van der Waals surface area contributed by atoms with E-state index in [1.165, 1.54) is 6.07 Å². The number of ether oxygens (including phenoxy) is 5. The molecule has 5 atom stereocenters. The average Bonchev–Trinajstić information content (AvgIpc) is 1.71. The zero-order chi connectivity index (χ0) is 61.4. The van der Waals surface area contributed by atoms with Crippen LogP contribution in [0, 0.1) is 18.7 Å². The number of esters is 2. The molecule has 8 rings (SSSR count). The summed E-state index contributed by atoms with van der Waals surface area (Å²) in [5.74, 6) is -8.99. The number of hydroxylamine groups is 2. The number of aryl methyl sites for hydroxylation is 1. The second-order valence-corrected chi connectivity index (χ2v) is 22.2. The highest BCUT2D eigenvalue weighted by atomic mass is 19.1. The first-order chi connectivity index (χ1) is 40.6. The molecule has 0 unspecified atom stereocenters. The number of fused-ring (bicyclic) bond motifs is 5. The lowest BCUT2D eigenvalue weighted by atomic mass is 9.81. The lowest BCUT2D eigenvalue weighted by molar-refractivity contribution is -0.197. The van der Waals surface area contributed by atoms with Crippen molar-refractivity contribution in [2.45, 2.75) is 148 Å². The molecule has 6 heterocycles. The van der Waals surface area contributed by atoms with Crippen molar-refractivity contribution >= 4 is 70.2 Å². The number of cyclic esters (lactones) is 1. The Morgan fingerprint density at radius 2 is 1.56 bits per heavy atom. The van der Waals surface area contributed by atoms with Crippen LogP contribution >= 0.6 is 0 Å². The van der Waals surface area contributed by atoms with Crippen molar-refractivity contribution in [2.24, 2.45) is 5.92 Å². The molecule has 26 nitrogen and oxygen atoms in total. The van der Waals surface area contributed by atoms with Crippen LogP contribution in [0.3, 0.4) is 0 Å². The van der Waals surface area contributed by atoms with E-state index in [0.29, 0.717) is 46.8 Å². The molecule has 2 fully saturated rings. The highest BCUT2D eigenvalue weighted by Crippen LogP contribution is 2.47. The molecule has 1 aliphatic carbocycles. The zero-order valence-electron chi connectivity index (χ0n) is 48.6. The average molecular weight is 1190 g/mol. The number of aromatic nitrogens is 2. The van der Waals surface area contributed by atoms with Gasteiger partial charge < -0.3 is 63.9 Å². The van der Waals surface area contributed by atoms with Crippen LogP contribution in [0.2, 0.25) is 0 Å². The summed E-state index contributed by atoms with van der Waals surface area (Å²) in [4.78, 5) is 156. The molecule has 0 radical (unpaired) electrons. The highest BCUT2D eigenvalue weighted by Gasteiger charge is 2.52. The van der Waals surface area contributed by atoms with Crippen LogP contribution < -0.4 is 21.5 Å². The van der Waals surface area contributed by atoms with Crippen LogP contribution in [0.15, 0.2) is 16.9 Å². The molecule has 4 aliphatic heterocycles. The number of rotatable bonds is 28. The van der Waals surface area contributed by atoms with Crippen molar-refractivity contribution in [2.75, 3.05) is 66.8 Å². The number of amides is 6. The molecule has 2 aromatic heterocycles. The van der Waals surface area contributed by atoms with E-state index in [9.17, 15) is 57.8 Å². The number of hydrogen-bond donors (Lipinski definition) is 4. The number of nitrogens with one attached hydrogen (secondary N) is 3. The molecule has 3 aromatic rings. The van der Waals surface area contributed by atoms with Gasteiger partial charge in [0.15, 0.2) is 0 Å². The molecule has 0 saturated carbocycles. The van der Waals surface area contributed by atoms with Crippen molar-refractivity contribution < 1.29 is 86.0 Å². The first-order valence-electron chi connectivity index (χ1n) is 28.7. The van der Waals surface area contributed by atoms with E-state index in [0.717, 1.165) is 27.0 Å². The molecule has 5 aliphatic rings. The maximum absolute atomic E-state index is 15.5. The third-order valence-corrected chi connectivity index (χ3v) is 16.1. The van der Waals surface area contributed by atoms with Gasteiger partial charge in [0.25, 0.3) is 17.4 Å². The summed E-state index contributed by atoms with van der Waals surface area (Å²) >= 11 is 0. The minimum absolute atomic E-state index is 0.0159. The van der Waals surface area contributed by atoms with Crippen LogP contribution in [0.5, 0.6) is 0 Å². The van der Waals surface area contributed by atoms with Crippen molar-refractivity contribution in [3.05, 3.63) is 61.7 Å². The largest absolute Gasteiger partial charge is 0.481 e. The second kappa shape index (κ2) is 27.5. The Bertz CT molecular complexity index is 3200. The number of likely N-dealkylation sites (tertiary alicyclic amines) is 1. The molecule has 2 saturated heterocycles. The first-order valence-corrected chi connectivity index (χ1v) is 28.7. The van der Waals surface area contributed by atoms with E-state index in [-0.39, 0.29) is 134 Å². The van der Waals surface area contributed by atoms with E-state index in [1.54, 1.807) is 38.3 Å². The maximum atomic E-state index is 15.5. The van der Waals surface area contributed by atoms with E-state index in [1.807, 2.05) is 14.1 Å². The molecule has 0 bridgehead atoms. The van der Waals surface area contributed by atoms with E-state index >= 15 is 4.39 Å². The Morgan fingerprint density at radius 3 is 2.24 bits per heavy atom. The summed E-state index contributed by atoms with van der Waals surface area (Å²) in [5, 5.41) is 18.9. The number of carbonyl (C=O) groups is 10. The summed E-state index contributed by atoms with van der Waals surface area (Å²) in [6.07, 6.45) is 0.566. The Hall–Kier alpha value is -7.75. The van der Waals surface area contributed by atoms with Crippen LogP contribution in [0.4, 0.5) is 4.39 Å². The summed E-state index contributed by atoms with van der Waals surface area (Å²) in [6.45, 7) is 7.27. The standard InChI is InChI=1S/C58H73FN8O18/c1-7-58(36-26-42-52-34(29-66(42)54(76)35(36)30-83-57(58)79)50-40(64(5)6)14-13-33-32(4)37(59)27-38(62-52)49(33)50)84-56(78)51(31(2)3)63-53(75)41-10-9-19-65(41)55(77)39(28-47(72)73)61-44(69)17-20-80-22-24-82-25-23-81-21-18-60-43(68)11-8-12-48(74)85-67-45(70)15-16-46(67)71/h26-27,31,39-41,51H,7-25,28-30H2,1-6H3,(H,60,68)(H,61,69)(H,63,75)(H,72,73)/t39-,40-,41-,51-,58-/m0/s1. The fraction of sp³-hybridized carbons (Fsp3) is 0.586. The molecule has 0 spiro atoms. The predicted octanol–water partition coefficient (Wildman–Crippen LogP) is 2.05. The molecule has 460 valence electrons. The lowest BCUT2D eigenvalue weighted by Crippen LogP contribution is -2.57. The first kappa shape index (κ1) is 63.3. The second-order valence-electron chi connectivity index (χ2n) is 22.2. The van der Waals surface area contributed by atoms with Gasteiger partial charge in [-0.25, -0.2) is 23.8 Å². The SMILES string of the molecule is CC[C@@]1(OC(=O)[C@@H](NC(=O)[C@@H]2CCCN2C(=O)[C@H](CC(=O)O)NC(=O)CCOCCOCCOCCNC(=O)CCCC(=O)ON2C(=O)CCC2=O)C(C)C)C(=O)OCc2c1cc1n(c2=O)Cc2c-1nc1cc(F)c(C)c3c1c2[C@@H](N(C)C)CC3. The Morgan fingerprint density at radius 1 is 0.871 bits per heavy atom. The summed E-state index contributed by atoms with van der Waals surface area (Å²) in [5.41, 5.74) is 1.96. The van der Waals surface area contributed by atoms with E-state index in [2.05, 4.69) is 20.9 Å². The van der Waals surface area contributed by atoms with E-state index < -0.39 is 107 Å². The third kappa shape index (κ3) is 13.8. The van der Waals surface area contributed by atoms with E-state index in [4.69, 9.17) is 33.5 Å². The molecule has 1 aromatic carbocycles. The van der Waals surface area contributed by atoms with Crippen molar-refractivity contribution in [3.8, 4) is 11.4 Å². The van der Waals surface area contributed by atoms with Crippen LogP contribution in [-0.4, -0.2) is 174 Å². The summed E-state index contributed by atoms with van der Waals surface area (Å²) < 4.78 is 45.2. The van der Waals surface area contributed by atoms with Crippen molar-refractivity contribution in [1.82, 2.24) is 40.4 Å². The van der Waals surface area contributed by atoms with Crippen LogP contribution in [0.1, 0.15) is 131 Å². The third-order valence-electron chi connectivity index (χ3n) is 16.1. The van der Waals surface area contributed by atoms with Crippen molar-refractivity contribution in [3.63, 3.8) is 0 Å². The van der Waals surface area contributed by atoms with Gasteiger partial charge in [-0.1, -0.05) is 20.8 Å². The fourth-order valence-electron chi connectivity index (χ4n) is 11.6. The van der Waals surface area contributed by atoms with Gasteiger partial charge >= 0.3 is 23.9 Å². The number of benzene rings is 1. The predicted molar refractivity (Wildman–Crippen MR) is 295 cm³/mol. The number of imide groups is 1. The molecular formula is C58H73FN8O18. The number of halogens is 1. The topological polar surface area (TPSA) is 327 Å². The number of hydrogen-bond acceptors (Lipinski definition) is 19. The van der Waals surface area contributed by atoms with Gasteiger partial charge in [-0.15, -0.1) is 5.06 Å². The molecule has 4 N–H and O–H groups in total. The quantitative estimate of drug-likeness (QED) is 0.0359.